The maximum atomic E-state index is 11.8. The van der Waals surface area contributed by atoms with E-state index in [9.17, 15) is 4.79 Å². The summed E-state index contributed by atoms with van der Waals surface area (Å²) in [5.74, 6) is 2.01. The van der Waals surface area contributed by atoms with Crippen molar-refractivity contribution in [1.82, 2.24) is 15.5 Å². The third-order valence-corrected chi connectivity index (χ3v) is 3.84. The van der Waals surface area contributed by atoms with Gasteiger partial charge in [-0.2, -0.15) is 0 Å². The Balaban J connectivity index is 1.46. The van der Waals surface area contributed by atoms with Gasteiger partial charge >= 0.3 is 0 Å². The molecule has 0 aliphatic heterocycles. The molecule has 1 atom stereocenters. The van der Waals surface area contributed by atoms with Crippen LogP contribution in [-0.2, 0) is 4.79 Å². The van der Waals surface area contributed by atoms with Crippen LogP contribution in [0.2, 0.25) is 0 Å². The average Bonchev–Trinajstić information content (AvgIpc) is 2.95. The first-order chi connectivity index (χ1) is 9.72. The second-order valence-corrected chi connectivity index (χ2v) is 5.70. The molecule has 2 heterocycles. The van der Waals surface area contributed by atoms with Crippen LogP contribution in [0, 0.1) is 0 Å². The van der Waals surface area contributed by atoms with Crippen LogP contribution in [0.1, 0.15) is 43.4 Å². The van der Waals surface area contributed by atoms with Crippen LogP contribution in [0.5, 0.6) is 0 Å². The van der Waals surface area contributed by atoms with E-state index in [-0.39, 0.29) is 17.7 Å². The molecule has 106 valence electrons. The van der Waals surface area contributed by atoms with Gasteiger partial charge in [-0.05, 0) is 31.9 Å². The molecule has 0 radical (unpaired) electrons. The zero-order chi connectivity index (χ0) is 13.9. The van der Waals surface area contributed by atoms with Crippen LogP contribution in [0.4, 0.5) is 0 Å². The third-order valence-electron chi connectivity index (χ3n) is 3.02. The van der Waals surface area contributed by atoms with Gasteiger partial charge in [0.05, 0.1) is 18.1 Å². The summed E-state index contributed by atoms with van der Waals surface area (Å²) in [4.78, 5) is 11.8. The van der Waals surface area contributed by atoms with Crippen LogP contribution in [-0.4, -0.2) is 21.9 Å². The maximum absolute atomic E-state index is 11.8. The molecule has 20 heavy (non-hydrogen) atoms. The molecule has 0 spiro atoms. The minimum atomic E-state index is -0.150. The number of aromatic nitrogens is 2. The lowest BCUT2D eigenvalue weighted by Crippen LogP contribution is -2.27. The summed E-state index contributed by atoms with van der Waals surface area (Å²) in [6.45, 7) is 1.87. The van der Waals surface area contributed by atoms with E-state index in [4.69, 9.17) is 8.83 Å². The number of amides is 1. The fourth-order valence-electron chi connectivity index (χ4n) is 1.79. The summed E-state index contributed by atoms with van der Waals surface area (Å²) < 4.78 is 10.7. The standard InChI is InChI=1S/C13H15N3O3S/c1-8(10-3-2-6-18-10)14-11(17)7-20-13-16-15-12(19-13)9-4-5-9/h2-3,6,8-9H,4-5,7H2,1H3,(H,14,17). The molecular formula is C13H15N3O3S. The van der Waals surface area contributed by atoms with Gasteiger partial charge in [0.15, 0.2) is 0 Å². The predicted molar refractivity (Wildman–Crippen MR) is 72.3 cm³/mol. The van der Waals surface area contributed by atoms with Crippen molar-refractivity contribution in [2.75, 3.05) is 5.75 Å². The van der Waals surface area contributed by atoms with Crippen LogP contribution < -0.4 is 5.32 Å². The maximum Gasteiger partial charge on any atom is 0.277 e. The molecule has 1 unspecified atom stereocenters. The number of hydrogen-bond donors (Lipinski definition) is 1. The highest BCUT2D eigenvalue weighted by Crippen LogP contribution is 2.39. The largest absolute Gasteiger partial charge is 0.467 e. The lowest BCUT2D eigenvalue weighted by Gasteiger charge is -2.10. The third kappa shape index (κ3) is 3.22. The topological polar surface area (TPSA) is 81.2 Å². The molecule has 1 amide bonds. The number of nitrogens with zero attached hydrogens (tertiary/aromatic N) is 2. The number of carbonyl (C=O) groups excluding carboxylic acids is 1. The molecular weight excluding hydrogens is 278 g/mol. The zero-order valence-electron chi connectivity index (χ0n) is 11.0. The summed E-state index contributed by atoms with van der Waals surface area (Å²) in [6.07, 6.45) is 3.82. The number of thioether (sulfide) groups is 1. The molecule has 1 aliphatic carbocycles. The molecule has 1 aliphatic rings. The molecule has 0 aromatic carbocycles. The van der Waals surface area contributed by atoms with Crippen LogP contribution in [0.15, 0.2) is 32.5 Å². The first-order valence-electron chi connectivity index (χ1n) is 6.51. The van der Waals surface area contributed by atoms with Gasteiger partial charge in [0.25, 0.3) is 5.22 Å². The molecule has 7 heteroatoms. The molecule has 0 saturated heterocycles. The second kappa shape index (κ2) is 5.70. The molecule has 2 aromatic rings. The van der Waals surface area contributed by atoms with Crippen LogP contribution in [0.3, 0.4) is 0 Å². The van der Waals surface area contributed by atoms with Gasteiger partial charge in [0.2, 0.25) is 11.8 Å². The van der Waals surface area contributed by atoms with Crippen LogP contribution in [0.25, 0.3) is 0 Å². The van der Waals surface area contributed by atoms with Crippen molar-refractivity contribution in [2.24, 2.45) is 0 Å². The van der Waals surface area contributed by atoms with Gasteiger partial charge in [-0.25, -0.2) is 0 Å². The highest BCUT2D eigenvalue weighted by Gasteiger charge is 2.29. The average molecular weight is 293 g/mol. The summed E-state index contributed by atoms with van der Waals surface area (Å²) in [6, 6.07) is 3.48. The van der Waals surface area contributed by atoms with E-state index in [1.54, 1.807) is 12.3 Å². The number of hydrogen-bond acceptors (Lipinski definition) is 6. The fraction of sp³-hybridized carbons (Fsp3) is 0.462. The van der Waals surface area contributed by atoms with Gasteiger partial charge in [0.1, 0.15) is 5.76 Å². The van der Waals surface area contributed by atoms with E-state index in [2.05, 4.69) is 15.5 Å². The Morgan fingerprint density at radius 1 is 1.55 bits per heavy atom. The van der Waals surface area contributed by atoms with Crippen molar-refractivity contribution in [3.8, 4) is 0 Å². The Morgan fingerprint density at radius 2 is 2.40 bits per heavy atom. The Bertz CT molecular complexity index is 577. The Hall–Kier alpha value is -1.76. The molecule has 0 bridgehead atoms. The summed E-state index contributed by atoms with van der Waals surface area (Å²) in [5.41, 5.74) is 0. The number of furan rings is 1. The van der Waals surface area contributed by atoms with Gasteiger partial charge < -0.3 is 14.2 Å². The smallest absolute Gasteiger partial charge is 0.277 e. The van der Waals surface area contributed by atoms with Crippen molar-refractivity contribution < 1.29 is 13.6 Å². The van der Waals surface area contributed by atoms with Crippen LogP contribution >= 0.6 is 11.8 Å². The molecule has 1 saturated carbocycles. The quantitative estimate of drug-likeness (QED) is 0.824. The van der Waals surface area contributed by atoms with Gasteiger partial charge in [-0.3, -0.25) is 4.79 Å². The molecule has 2 aromatic heterocycles. The van der Waals surface area contributed by atoms with E-state index in [0.717, 1.165) is 18.6 Å². The van der Waals surface area contributed by atoms with Gasteiger partial charge in [0, 0.05) is 5.92 Å². The molecule has 1 N–H and O–H groups in total. The lowest BCUT2D eigenvalue weighted by molar-refractivity contribution is -0.119. The first kappa shape index (κ1) is 13.2. The van der Waals surface area contributed by atoms with Gasteiger partial charge in [-0.1, -0.05) is 11.8 Å². The van der Waals surface area contributed by atoms with E-state index in [0.29, 0.717) is 17.0 Å². The number of rotatable bonds is 6. The Morgan fingerprint density at radius 3 is 3.10 bits per heavy atom. The first-order valence-corrected chi connectivity index (χ1v) is 7.50. The van der Waals surface area contributed by atoms with Crippen molar-refractivity contribution >= 4 is 17.7 Å². The lowest BCUT2D eigenvalue weighted by atomic mass is 10.2. The molecule has 3 rings (SSSR count). The summed E-state index contributed by atoms with van der Waals surface area (Å²) >= 11 is 1.25. The predicted octanol–water partition coefficient (Wildman–Crippen LogP) is 2.51. The fourth-order valence-corrected chi connectivity index (χ4v) is 2.37. The number of carbonyl (C=O) groups is 1. The van der Waals surface area contributed by atoms with E-state index < -0.39 is 0 Å². The minimum Gasteiger partial charge on any atom is -0.467 e. The van der Waals surface area contributed by atoms with Gasteiger partial charge in [-0.15, -0.1) is 10.2 Å². The highest BCUT2D eigenvalue weighted by atomic mass is 32.2. The van der Waals surface area contributed by atoms with E-state index >= 15 is 0 Å². The molecule has 6 nitrogen and oxygen atoms in total. The van der Waals surface area contributed by atoms with Crippen molar-refractivity contribution in [2.45, 2.75) is 36.9 Å². The minimum absolute atomic E-state index is 0.0925. The highest BCUT2D eigenvalue weighted by molar-refractivity contribution is 7.99. The second-order valence-electron chi connectivity index (χ2n) is 4.77. The van der Waals surface area contributed by atoms with E-state index in [1.807, 2.05) is 13.0 Å². The van der Waals surface area contributed by atoms with E-state index in [1.165, 1.54) is 11.8 Å². The van der Waals surface area contributed by atoms with Crippen molar-refractivity contribution in [1.29, 1.82) is 0 Å². The zero-order valence-corrected chi connectivity index (χ0v) is 11.9. The monoisotopic (exact) mass is 293 g/mol. The summed E-state index contributed by atoms with van der Waals surface area (Å²) in [5, 5.41) is 11.2. The summed E-state index contributed by atoms with van der Waals surface area (Å²) in [7, 11) is 0. The Kier molecular flexibility index (Phi) is 3.77. The van der Waals surface area contributed by atoms with Crippen molar-refractivity contribution in [3.05, 3.63) is 30.0 Å². The Labute approximate surface area is 120 Å². The SMILES string of the molecule is CC(NC(=O)CSc1nnc(C2CC2)o1)c1ccco1. The molecule has 1 fully saturated rings. The number of nitrogens with one attached hydrogen (secondary N) is 1. The normalized spacial score (nSPS) is 16.1. The van der Waals surface area contributed by atoms with Crippen molar-refractivity contribution in [3.63, 3.8) is 0 Å².